The molecule has 44 heavy (non-hydrogen) atoms. The second-order valence-electron chi connectivity index (χ2n) is 11.4. The van der Waals surface area contributed by atoms with E-state index in [0.717, 1.165) is 12.1 Å². The highest BCUT2D eigenvalue weighted by molar-refractivity contribution is 6.12. The van der Waals surface area contributed by atoms with E-state index in [1.165, 1.54) is 66.3 Å². The zero-order valence-electron chi connectivity index (χ0n) is 24.7. The minimum absolute atomic E-state index is 0.912. The lowest BCUT2D eigenvalue weighted by molar-refractivity contribution is 1.11. The van der Waals surface area contributed by atoms with E-state index in [9.17, 15) is 0 Å². The zero-order valence-corrected chi connectivity index (χ0v) is 24.7. The topological polar surface area (TPSA) is 9.86 Å². The molecule has 0 spiro atoms. The molecule has 2 aromatic heterocycles. The van der Waals surface area contributed by atoms with Gasteiger partial charge in [0.1, 0.15) is 0 Å². The van der Waals surface area contributed by atoms with E-state index in [-0.39, 0.29) is 0 Å². The van der Waals surface area contributed by atoms with Gasteiger partial charge < -0.3 is 9.13 Å². The van der Waals surface area contributed by atoms with Gasteiger partial charge in [0, 0.05) is 33.1 Å². The van der Waals surface area contributed by atoms with Crippen LogP contribution in [0.5, 0.6) is 0 Å². The van der Waals surface area contributed by atoms with Crippen LogP contribution in [0.3, 0.4) is 0 Å². The molecule has 8 aromatic rings. The van der Waals surface area contributed by atoms with Gasteiger partial charge in [-0.3, -0.25) is 0 Å². The van der Waals surface area contributed by atoms with Crippen LogP contribution in [0, 0.1) is 0 Å². The van der Waals surface area contributed by atoms with Crippen molar-refractivity contribution >= 4 is 38.8 Å². The van der Waals surface area contributed by atoms with E-state index in [2.05, 4.69) is 180 Å². The first-order chi connectivity index (χ1) is 21.8. The lowest BCUT2D eigenvalue weighted by Gasteiger charge is -2.11. The van der Waals surface area contributed by atoms with E-state index in [4.69, 9.17) is 0 Å². The second-order valence-corrected chi connectivity index (χ2v) is 11.4. The molecule has 0 radical (unpaired) electrons. The molecular weight excluding hydrogens is 532 g/mol. The predicted molar refractivity (Wildman–Crippen MR) is 187 cm³/mol. The van der Waals surface area contributed by atoms with Gasteiger partial charge >= 0.3 is 0 Å². The third kappa shape index (κ3) is 4.35. The third-order valence-corrected chi connectivity index (χ3v) is 8.63. The highest BCUT2D eigenvalue weighted by atomic mass is 15.0. The average molecular weight is 565 g/mol. The summed E-state index contributed by atoms with van der Waals surface area (Å²) in [6.45, 7) is 2.10. The molecule has 0 N–H and O–H groups in total. The van der Waals surface area contributed by atoms with Gasteiger partial charge in [0.05, 0.1) is 22.2 Å². The van der Waals surface area contributed by atoms with Crippen LogP contribution >= 0.6 is 0 Å². The molecule has 0 aliphatic carbocycles. The number of allylic oxidation sites excluding steroid dienone is 1. The highest BCUT2D eigenvalue weighted by Gasteiger charge is 2.20. The Bertz CT molecular complexity index is 2300. The lowest BCUT2D eigenvalue weighted by Crippen LogP contribution is -1.97. The molecule has 0 fully saturated rings. The van der Waals surface area contributed by atoms with Crippen LogP contribution < -0.4 is 0 Å². The minimum atomic E-state index is 0.912. The number of fused-ring (bicyclic) bond motifs is 4. The lowest BCUT2D eigenvalue weighted by atomic mass is 9.99. The van der Waals surface area contributed by atoms with Crippen molar-refractivity contribution in [2.24, 2.45) is 0 Å². The van der Waals surface area contributed by atoms with Gasteiger partial charge in [-0.05, 0) is 84.6 Å². The van der Waals surface area contributed by atoms with Crippen LogP contribution in [0.4, 0.5) is 0 Å². The van der Waals surface area contributed by atoms with Crippen molar-refractivity contribution < 1.29 is 0 Å². The van der Waals surface area contributed by atoms with Crippen LogP contribution in [0.15, 0.2) is 158 Å². The second kappa shape index (κ2) is 10.9. The summed E-state index contributed by atoms with van der Waals surface area (Å²) in [7, 11) is 0. The predicted octanol–water partition coefficient (Wildman–Crippen LogP) is 11.0. The molecular formula is C42H32N2. The van der Waals surface area contributed by atoms with Crippen molar-refractivity contribution in [3.8, 4) is 22.5 Å². The molecule has 0 amide bonds. The monoisotopic (exact) mass is 564 g/mol. The maximum Gasteiger partial charge on any atom is 0.0543 e. The number of aromatic nitrogens is 2. The quantitative estimate of drug-likeness (QED) is 0.190. The molecule has 8 rings (SSSR count). The number of rotatable bonds is 6. The van der Waals surface area contributed by atoms with E-state index >= 15 is 0 Å². The standard InChI is InChI=1S/C42H32N2/c1-2-14-41-42(36-22-10-12-24-39(36)43(41)33-18-7-4-8-19-33)32-25-26-40-37(29-32)35-21-9-11-23-38(35)44(40)34-20-13-17-31(28-34)27-30-15-5-3-6-16-30/h2-26,28-29H,27H2,1H3/b14-2-. The molecule has 0 saturated carbocycles. The van der Waals surface area contributed by atoms with Crippen molar-refractivity contribution in [1.29, 1.82) is 0 Å². The minimum Gasteiger partial charge on any atom is -0.309 e. The van der Waals surface area contributed by atoms with E-state index in [0.29, 0.717) is 0 Å². The van der Waals surface area contributed by atoms with Gasteiger partial charge in [-0.1, -0.05) is 109 Å². The van der Waals surface area contributed by atoms with Crippen molar-refractivity contribution in [3.63, 3.8) is 0 Å². The smallest absolute Gasteiger partial charge is 0.0543 e. The van der Waals surface area contributed by atoms with Crippen molar-refractivity contribution in [2.45, 2.75) is 13.3 Å². The molecule has 0 bridgehead atoms. The number of hydrogen-bond acceptors (Lipinski definition) is 0. The van der Waals surface area contributed by atoms with Gasteiger partial charge in [0.15, 0.2) is 0 Å². The zero-order chi connectivity index (χ0) is 29.5. The van der Waals surface area contributed by atoms with Gasteiger partial charge in [0.2, 0.25) is 0 Å². The maximum absolute atomic E-state index is 2.42. The summed E-state index contributed by atoms with van der Waals surface area (Å²) in [4.78, 5) is 0. The Kier molecular flexibility index (Phi) is 6.46. The van der Waals surface area contributed by atoms with Crippen LogP contribution in [0.25, 0.3) is 61.3 Å². The van der Waals surface area contributed by atoms with Crippen LogP contribution in [-0.2, 0) is 6.42 Å². The summed E-state index contributed by atoms with van der Waals surface area (Å²) in [6, 6.07) is 54.9. The van der Waals surface area contributed by atoms with Crippen molar-refractivity contribution in [3.05, 3.63) is 175 Å². The number of benzene rings is 6. The molecule has 0 saturated heterocycles. The Morgan fingerprint density at radius 3 is 1.86 bits per heavy atom. The summed E-state index contributed by atoms with van der Waals surface area (Å²) in [5.74, 6) is 0. The molecule has 2 heterocycles. The van der Waals surface area contributed by atoms with E-state index in [1.807, 2.05) is 0 Å². The molecule has 2 heteroatoms. The Morgan fingerprint density at radius 1 is 0.477 bits per heavy atom. The first kappa shape index (κ1) is 26.1. The van der Waals surface area contributed by atoms with Gasteiger partial charge in [-0.15, -0.1) is 0 Å². The molecule has 6 aromatic carbocycles. The van der Waals surface area contributed by atoms with Crippen molar-refractivity contribution in [2.75, 3.05) is 0 Å². The van der Waals surface area contributed by atoms with Crippen LogP contribution in [-0.4, -0.2) is 9.13 Å². The Hall–Kier alpha value is -5.60. The highest BCUT2D eigenvalue weighted by Crippen LogP contribution is 2.41. The third-order valence-electron chi connectivity index (χ3n) is 8.63. The molecule has 210 valence electrons. The fraction of sp³-hybridized carbons (Fsp3) is 0.0476. The van der Waals surface area contributed by atoms with Crippen LogP contribution in [0.2, 0.25) is 0 Å². The van der Waals surface area contributed by atoms with E-state index < -0.39 is 0 Å². The van der Waals surface area contributed by atoms with Gasteiger partial charge in [-0.2, -0.15) is 0 Å². The normalized spacial score (nSPS) is 11.8. The first-order valence-electron chi connectivity index (χ1n) is 15.3. The fourth-order valence-electron chi connectivity index (χ4n) is 6.78. The maximum atomic E-state index is 2.42. The molecule has 0 aliphatic heterocycles. The fourth-order valence-corrected chi connectivity index (χ4v) is 6.78. The van der Waals surface area contributed by atoms with Gasteiger partial charge in [0.25, 0.3) is 0 Å². The molecule has 0 atom stereocenters. The average Bonchev–Trinajstić information content (AvgIpc) is 3.58. The van der Waals surface area contributed by atoms with Crippen molar-refractivity contribution in [1.82, 2.24) is 9.13 Å². The van der Waals surface area contributed by atoms with E-state index in [1.54, 1.807) is 0 Å². The van der Waals surface area contributed by atoms with Gasteiger partial charge in [-0.25, -0.2) is 0 Å². The summed E-state index contributed by atoms with van der Waals surface area (Å²) >= 11 is 0. The molecule has 0 aliphatic rings. The largest absolute Gasteiger partial charge is 0.309 e. The summed E-state index contributed by atoms with van der Waals surface area (Å²) in [5.41, 5.74) is 12.3. The summed E-state index contributed by atoms with van der Waals surface area (Å²) in [6.07, 6.45) is 5.30. The Labute approximate surface area is 257 Å². The molecule has 2 nitrogen and oxygen atoms in total. The first-order valence-corrected chi connectivity index (χ1v) is 15.3. The summed E-state index contributed by atoms with van der Waals surface area (Å²) in [5, 5.41) is 3.77. The summed E-state index contributed by atoms with van der Waals surface area (Å²) < 4.78 is 4.80. The molecule has 0 unspecified atom stereocenters. The number of para-hydroxylation sites is 3. The Balaban J connectivity index is 1.34. The van der Waals surface area contributed by atoms with Crippen LogP contribution in [0.1, 0.15) is 23.7 Å². The number of nitrogens with zero attached hydrogens (tertiary/aromatic N) is 2. The number of hydrogen-bond donors (Lipinski definition) is 0. The SMILES string of the molecule is C/C=C\c1c(-c2ccc3c(c2)c2ccccc2n3-c2cccc(Cc3ccccc3)c2)c2ccccc2n1-c1ccccc1. The Morgan fingerprint density at radius 2 is 1.09 bits per heavy atom.